The molecule has 0 saturated carbocycles. The number of hydrogen-bond acceptors (Lipinski definition) is 11. The first-order chi connectivity index (χ1) is 33.4. The number of aryl methyl sites for hydroxylation is 2. The molecule has 0 aliphatic carbocycles. The van der Waals surface area contributed by atoms with Crippen molar-refractivity contribution in [2.24, 2.45) is 5.41 Å². The van der Waals surface area contributed by atoms with Crippen molar-refractivity contribution in [1.29, 1.82) is 0 Å². The van der Waals surface area contributed by atoms with E-state index in [0.717, 1.165) is 28.2 Å². The highest BCUT2D eigenvalue weighted by molar-refractivity contribution is 7.13. The lowest BCUT2D eigenvalue weighted by molar-refractivity contribution is -0.144. The number of aromatic amines is 1. The predicted molar refractivity (Wildman–Crippen MR) is 265 cm³/mol. The topological polar surface area (TPSA) is 218 Å². The van der Waals surface area contributed by atoms with E-state index in [2.05, 4.69) is 36.1 Å². The fourth-order valence-corrected chi connectivity index (χ4v) is 9.93. The van der Waals surface area contributed by atoms with Crippen molar-refractivity contribution in [3.63, 3.8) is 0 Å². The Bertz CT molecular complexity index is 2610. The smallest absolute Gasteiger partial charge is 0.256 e. The van der Waals surface area contributed by atoms with Crippen LogP contribution >= 0.6 is 11.3 Å². The Balaban J connectivity index is 0.779. The number of ether oxygens (including phenoxy) is 1. The third-order valence-corrected chi connectivity index (χ3v) is 14.0. The van der Waals surface area contributed by atoms with Crippen molar-refractivity contribution < 1.29 is 43.0 Å². The van der Waals surface area contributed by atoms with E-state index in [9.17, 15) is 38.3 Å². The van der Waals surface area contributed by atoms with Gasteiger partial charge in [-0.2, -0.15) is 0 Å². The molecule has 19 heteroatoms. The normalized spacial score (nSPS) is 18.2. The van der Waals surface area contributed by atoms with Gasteiger partial charge < -0.3 is 45.9 Å². The van der Waals surface area contributed by atoms with Crippen molar-refractivity contribution in [3.05, 3.63) is 93.1 Å². The maximum absolute atomic E-state index is 14.0. The average molecular weight is 982 g/mol. The Morgan fingerprint density at radius 2 is 1.73 bits per heavy atom. The maximum atomic E-state index is 14.0. The van der Waals surface area contributed by atoms with Crippen LogP contribution in [0.5, 0.6) is 0 Å². The van der Waals surface area contributed by atoms with Crippen LogP contribution in [0, 0.1) is 32.0 Å². The number of benzene rings is 2. The highest BCUT2D eigenvalue weighted by atomic mass is 32.1. The van der Waals surface area contributed by atoms with Gasteiger partial charge in [-0.1, -0.05) is 45.0 Å². The number of rotatable bonds is 18. The number of nitrogens with one attached hydrogen (secondary N) is 5. The Kier molecular flexibility index (Phi) is 16.7. The number of carbonyl (C=O) groups is 6. The number of aliphatic hydroxyl groups excluding tert-OH is 1. The molecule has 3 aliphatic rings. The van der Waals surface area contributed by atoms with Crippen LogP contribution in [0.1, 0.15) is 90.6 Å². The highest BCUT2D eigenvalue weighted by Gasteiger charge is 2.44. The number of anilines is 1. The second-order valence-electron chi connectivity index (χ2n) is 19.3. The summed E-state index contributed by atoms with van der Waals surface area (Å²) in [6.07, 6.45) is 1.67. The van der Waals surface area contributed by atoms with E-state index < -0.39 is 41.2 Å². The third-order valence-electron chi connectivity index (χ3n) is 13.1. The van der Waals surface area contributed by atoms with E-state index in [0.29, 0.717) is 78.5 Å². The Hall–Kier alpha value is -6.28. The van der Waals surface area contributed by atoms with Crippen LogP contribution in [0.4, 0.5) is 10.1 Å². The number of piperazine rings is 1. The quantitative estimate of drug-likeness (QED) is 0.0603. The SMILES string of the molecule is Cc1ncsc1-c1ccc(CNC(=O)[C@@H]2C[C@@H](O)CN2C(=O)[C@@H](NC(=O)CCOCCC(=O)N2CCN(CCCNC(=O)c3c(C)[nH]c(/C=C4\C(=O)Nc5ccc(F)cc54)c3C)CC2)C(C)(C)C)cc1. The molecule has 5 heterocycles. The van der Waals surface area contributed by atoms with Gasteiger partial charge in [0.25, 0.3) is 11.8 Å². The molecule has 374 valence electrons. The van der Waals surface area contributed by atoms with Crippen LogP contribution in [0.3, 0.4) is 0 Å². The number of hydrogen-bond donors (Lipinski definition) is 6. The first-order valence-corrected chi connectivity index (χ1v) is 24.7. The standard InChI is InChI=1S/C51H64FN9O8S/c1-30-40(26-38-37-24-35(52)12-13-39(37)57-47(38)65)56-31(2)44(30)49(67)53-16-7-17-59-18-20-60(21-19-59)43(64)15-23-69-22-14-42(63)58-46(51(4,5)6)50(68)61-28-36(62)25-41(61)48(66)54-27-33-8-10-34(11-9-33)45-32(3)55-29-70-45/h8-13,24,26,29,36,41,46,56,62H,7,14-23,25,27-28H2,1-6H3,(H,53,67)(H,54,66)(H,57,65)(H,58,63)/b38-26-/t36-,41+,46-/m1/s1. The van der Waals surface area contributed by atoms with Crippen LogP contribution < -0.4 is 21.3 Å². The van der Waals surface area contributed by atoms with E-state index >= 15 is 0 Å². The summed E-state index contributed by atoms with van der Waals surface area (Å²) in [5, 5.41) is 22.1. The summed E-state index contributed by atoms with van der Waals surface area (Å²) in [7, 11) is 0. The van der Waals surface area contributed by atoms with Gasteiger partial charge in [-0.3, -0.25) is 33.7 Å². The van der Waals surface area contributed by atoms with Gasteiger partial charge in [0, 0.05) is 81.3 Å². The van der Waals surface area contributed by atoms with E-state index in [1.165, 1.54) is 23.1 Å². The molecule has 3 aliphatic heterocycles. The monoisotopic (exact) mass is 981 g/mol. The van der Waals surface area contributed by atoms with Crippen molar-refractivity contribution in [2.75, 3.05) is 64.3 Å². The lowest BCUT2D eigenvalue weighted by Crippen LogP contribution is -2.57. The number of β-amino-alcohol motifs (C(OH)–C–C–N with tert-alkyl or cyclic N) is 1. The number of aromatic nitrogens is 2. The molecule has 7 rings (SSSR count). The first kappa shape index (κ1) is 51.6. The second kappa shape index (κ2) is 22.6. The van der Waals surface area contributed by atoms with Crippen molar-refractivity contribution in [1.82, 2.24) is 40.6 Å². The van der Waals surface area contributed by atoms with Crippen LogP contribution in [0.25, 0.3) is 22.1 Å². The minimum atomic E-state index is -0.971. The van der Waals surface area contributed by atoms with Gasteiger partial charge in [0.2, 0.25) is 23.6 Å². The summed E-state index contributed by atoms with van der Waals surface area (Å²) in [5.74, 6) is -2.30. The van der Waals surface area contributed by atoms with Gasteiger partial charge >= 0.3 is 0 Å². The number of halogens is 1. The fourth-order valence-electron chi connectivity index (χ4n) is 9.12. The van der Waals surface area contributed by atoms with E-state index in [4.69, 9.17) is 4.74 Å². The number of likely N-dealkylation sites (tertiary alicyclic amines) is 1. The molecule has 17 nitrogen and oxygen atoms in total. The molecule has 70 heavy (non-hydrogen) atoms. The molecule has 3 atom stereocenters. The molecule has 0 spiro atoms. The molecule has 2 aromatic carbocycles. The first-order valence-electron chi connectivity index (χ1n) is 23.8. The Morgan fingerprint density at radius 3 is 2.43 bits per heavy atom. The summed E-state index contributed by atoms with van der Waals surface area (Å²) in [5.41, 5.74) is 7.74. The predicted octanol–water partition coefficient (Wildman–Crippen LogP) is 4.57. The van der Waals surface area contributed by atoms with E-state index in [1.54, 1.807) is 34.7 Å². The van der Waals surface area contributed by atoms with Gasteiger partial charge in [0.15, 0.2) is 0 Å². The van der Waals surface area contributed by atoms with Gasteiger partial charge in [0.05, 0.1) is 53.0 Å². The fraction of sp³-hybridized carbons (Fsp3) is 0.471. The van der Waals surface area contributed by atoms with Crippen LogP contribution in [0.2, 0.25) is 0 Å². The number of H-pyrrole nitrogens is 1. The van der Waals surface area contributed by atoms with E-state index in [-0.39, 0.29) is 69.2 Å². The van der Waals surface area contributed by atoms with Gasteiger partial charge in [-0.05, 0) is 80.1 Å². The number of fused-ring (bicyclic) bond motifs is 1. The molecule has 0 bridgehead atoms. The summed E-state index contributed by atoms with van der Waals surface area (Å²) in [6, 6.07) is 10.1. The van der Waals surface area contributed by atoms with Crippen molar-refractivity contribution >= 4 is 64.1 Å². The molecule has 2 aromatic heterocycles. The van der Waals surface area contributed by atoms with Gasteiger partial charge in [-0.15, -0.1) is 11.3 Å². The molecule has 6 amide bonds. The number of amides is 6. The average Bonchev–Trinajstić information content (AvgIpc) is 4.09. The summed E-state index contributed by atoms with van der Waals surface area (Å²) in [6.45, 7) is 15.1. The summed E-state index contributed by atoms with van der Waals surface area (Å²) >= 11 is 1.56. The minimum absolute atomic E-state index is 0.0298. The van der Waals surface area contributed by atoms with Gasteiger partial charge in [0.1, 0.15) is 17.9 Å². The number of aliphatic hydroxyl groups is 1. The van der Waals surface area contributed by atoms with Gasteiger partial charge in [-0.25, -0.2) is 9.37 Å². The number of thiazole rings is 1. The van der Waals surface area contributed by atoms with Crippen LogP contribution in [-0.4, -0.2) is 142 Å². The molecule has 2 fully saturated rings. The minimum Gasteiger partial charge on any atom is -0.391 e. The zero-order chi connectivity index (χ0) is 50.3. The number of carbonyl (C=O) groups excluding carboxylic acids is 6. The molecule has 0 radical (unpaired) electrons. The van der Waals surface area contributed by atoms with E-state index in [1.807, 2.05) is 58.9 Å². The Labute approximate surface area is 411 Å². The van der Waals surface area contributed by atoms with Crippen LogP contribution in [-0.2, 0) is 35.3 Å². The third kappa shape index (κ3) is 12.5. The van der Waals surface area contributed by atoms with Crippen molar-refractivity contribution in [2.45, 2.75) is 92.0 Å². The van der Waals surface area contributed by atoms with Crippen molar-refractivity contribution in [3.8, 4) is 10.4 Å². The molecule has 0 unspecified atom stereocenters. The summed E-state index contributed by atoms with van der Waals surface area (Å²) in [4.78, 5) is 93.5. The largest absolute Gasteiger partial charge is 0.391 e. The maximum Gasteiger partial charge on any atom is 0.256 e. The zero-order valence-corrected chi connectivity index (χ0v) is 41.5. The molecular weight excluding hydrogens is 918 g/mol. The molecule has 2 saturated heterocycles. The Morgan fingerprint density at radius 1 is 1.00 bits per heavy atom. The lowest BCUT2D eigenvalue weighted by Gasteiger charge is -2.35. The molecule has 6 N–H and O–H groups in total. The molecule has 4 aromatic rings. The summed E-state index contributed by atoms with van der Waals surface area (Å²) < 4.78 is 19.6. The second-order valence-corrected chi connectivity index (χ2v) is 20.1. The number of nitrogens with zero attached hydrogens (tertiary/aromatic N) is 4. The van der Waals surface area contributed by atoms with Crippen LogP contribution in [0.15, 0.2) is 48.0 Å². The lowest BCUT2D eigenvalue weighted by atomic mass is 9.85. The molecular formula is C51H64FN9O8S. The zero-order valence-electron chi connectivity index (χ0n) is 40.7. The highest BCUT2D eigenvalue weighted by Crippen LogP contribution is 2.35.